The van der Waals surface area contributed by atoms with E-state index in [0.717, 1.165) is 64.2 Å². The molecule has 0 rings (SSSR count). The summed E-state index contributed by atoms with van der Waals surface area (Å²) in [6.07, 6.45) is 11.6. The van der Waals surface area contributed by atoms with Crippen LogP contribution in [0.1, 0.15) is 90.9 Å². The standard InChI is InChI=1S/C17H36O6S2/c1-3-5-7-9-11-13-15-24(18,19)22-17-23-25(20,21)16-14-12-10-8-6-4-2/h3-17H2,1-2H3. The highest BCUT2D eigenvalue weighted by molar-refractivity contribution is 7.87. The largest absolute Gasteiger partial charge is 0.269 e. The van der Waals surface area contributed by atoms with Crippen molar-refractivity contribution in [2.24, 2.45) is 0 Å². The van der Waals surface area contributed by atoms with Crippen molar-refractivity contribution in [1.29, 1.82) is 0 Å². The molecule has 8 heteroatoms. The molecule has 0 saturated carbocycles. The van der Waals surface area contributed by atoms with Gasteiger partial charge >= 0.3 is 0 Å². The molecule has 0 amide bonds. The number of hydrogen-bond donors (Lipinski definition) is 0. The van der Waals surface area contributed by atoms with Crippen molar-refractivity contribution < 1.29 is 25.2 Å². The predicted molar refractivity (Wildman–Crippen MR) is 101 cm³/mol. The zero-order valence-electron chi connectivity index (χ0n) is 15.9. The Morgan fingerprint density at radius 2 is 0.840 bits per heavy atom. The van der Waals surface area contributed by atoms with Gasteiger partial charge in [-0.1, -0.05) is 78.1 Å². The summed E-state index contributed by atoms with van der Waals surface area (Å²) < 4.78 is 55.9. The first-order valence-corrected chi connectivity index (χ1v) is 12.7. The van der Waals surface area contributed by atoms with E-state index in [-0.39, 0.29) is 11.5 Å². The van der Waals surface area contributed by atoms with Gasteiger partial charge in [0.15, 0.2) is 6.79 Å². The Morgan fingerprint density at radius 3 is 1.20 bits per heavy atom. The zero-order valence-corrected chi connectivity index (χ0v) is 17.5. The summed E-state index contributed by atoms with van der Waals surface area (Å²) >= 11 is 0. The lowest BCUT2D eigenvalue weighted by molar-refractivity contribution is 0.132. The van der Waals surface area contributed by atoms with E-state index in [4.69, 9.17) is 0 Å². The lowest BCUT2D eigenvalue weighted by Gasteiger charge is -2.07. The third-order valence-corrected chi connectivity index (χ3v) is 6.44. The average molecular weight is 401 g/mol. The molecule has 6 nitrogen and oxygen atoms in total. The van der Waals surface area contributed by atoms with E-state index in [1.807, 2.05) is 0 Å². The van der Waals surface area contributed by atoms with Gasteiger partial charge in [-0.2, -0.15) is 16.8 Å². The summed E-state index contributed by atoms with van der Waals surface area (Å²) in [6, 6.07) is 0. The second-order valence-corrected chi connectivity index (χ2v) is 9.93. The first-order chi connectivity index (χ1) is 11.8. The molecule has 0 saturated heterocycles. The van der Waals surface area contributed by atoms with Crippen LogP contribution in [-0.4, -0.2) is 35.1 Å². The van der Waals surface area contributed by atoms with Crippen LogP contribution in [0.4, 0.5) is 0 Å². The molecule has 0 N–H and O–H groups in total. The first kappa shape index (κ1) is 24.8. The molecule has 152 valence electrons. The van der Waals surface area contributed by atoms with Crippen LogP contribution in [0.3, 0.4) is 0 Å². The second-order valence-electron chi connectivity index (χ2n) is 6.41. The summed E-state index contributed by atoms with van der Waals surface area (Å²) in [5.41, 5.74) is 0. The smallest absolute Gasteiger partial charge is 0.240 e. The minimum absolute atomic E-state index is 0.0973. The van der Waals surface area contributed by atoms with E-state index < -0.39 is 27.0 Å². The fourth-order valence-electron chi connectivity index (χ4n) is 2.40. The molecule has 0 aromatic heterocycles. The molecule has 0 radical (unpaired) electrons. The van der Waals surface area contributed by atoms with E-state index >= 15 is 0 Å². The first-order valence-electron chi connectivity index (χ1n) is 9.57. The van der Waals surface area contributed by atoms with Crippen LogP contribution in [0.2, 0.25) is 0 Å². The molecule has 0 fully saturated rings. The van der Waals surface area contributed by atoms with Gasteiger partial charge in [0, 0.05) is 0 Å². The van der Waals surface area contributed by atoms with Gasteiger partial charge in [-0.15, -0.1) is 0 Å². The molecule has 25 heavy (non-hydrogen) atoms. The van der Waals surface area contributed by atoms with Gasteiger partial charge in [0.25, 0.3) is 20.2 Å². The van der Waals surface area contributed by atoms with E-state index in [9.17, 15) is 16.8 Å². The minimum atomic E-state index is -3.72. The van der Waals surface area contributed by atoms with Crippen LogP contribution in [0.15, 0.2) is 0 Å². The van der Waals surface area contributed by atoms with Crippen LogP contribution >= 0.6 is 0 Å². The van der Waals surface area contributed by atoms with Gasteiger partial charge in [-0.25, -0.2) is 8.37 Å². The van der Waals surface area contributed by atoms with Gasteiger partial charge in [0.1, 0.15) is 0 Å². The van der Waals surface area contributed by atoms with E-state index in [1.54, 1.807) is 0 Å². The summed E-state index contributed by atoms with van der Waals surface area (Å²) in [5.74, 6) is -0.195. The zero-order chi connectivity index (χ0) is 19.0. The molecule has 0 aliphatic carbocycles. The number of rotatable bonds is 18. The van der Waals surface area contributed by atoms with Crippen molar-refractivity contribution in [2.45, 2.75) is 90.9 Å². The van der Waals surface area contributed by atoms with Gasteiger partial charge in [-0.3, -0.25) is 0 Å². The van der Waals surface area contributed by atoms with Crippen molar-refractivity contribution in [3.05, 3.63) is 0 Å². The van der Waals surface area contributed by atoms with Crippen LogP contribution in [-0.2, 0) is 28.6 Å². The highest BCUT2D eigenvalue weighted by atomic mass is 32.2. The number of unbranched alkanes of at least 4 members (excludes halogenated alkanes) is 10. The third kappa shape index (κ3) is 17.0. The lowest BCUT2D eigenvalue weighted by atomic mass is 10.1. The molecule has 0 bridgehead atoms. The van der Waals surface area contributed by atoms with E-state index in [2.05, 4.69) is 22.2 Å². The maximum absolute atomic E-state index is 11.7. The van der Waals surface area contributed by atoms with Crippen molar-refractivity contribution in [2.75, 3.05) is 18.3 Å². The average Bonchev–Trinajstić information content (AvgIpc) is 2.53. The van der Waals surface area contributed by atoms with E-state index in [0.29, 0.717) is 12.8 Å². The molecule has 0 spiro atoms. The van der Waals surface area contributed by atoms with Crippen molar-refractivity contribution in [3.63, 3.8) is 0 Å². The minimum Gasteiger partial charge on any atom is -0.240 e. The molecular formula is C17H36O6S2. The summed E-state index contributed by atoms with van der Waals surface area (Å²) in [6.45, 7) is 3.49. The summed E-state index contributed by atoms with van der Waals surface area (Å²) in [5, 5.41) is 0. The molecule has 0 heterocycles. The monoisotopic (exact) mass is 400 g/mol. The maximum Gasteiger partial charge on any atom is 0.269 e. The lowest BCUT2D eigenvalue weighted by Crippen LogP contribution is -2.17. The van der Waals surface area contributed by atoms with E-state index in [1.165, 1.54) is 0 Å². The van der Waals surface area contributed by atoms with Gasteiger partial charge < -0.3 is 0 Å². The summed E-state index contributed by atoms with van der Waals surface area (Å²) in [4.78, 5) is 0. The highest BCUT2D eigenvalue weighted by Gasteiger charge is 2.15. The fourth-order valence-corrected chi connectivity index (χ4v) is 4.20. The second kappa shape index (κ2) is 14.9. The quantitative estimate of drug-likeness (QED) is 0.193. The Bertz CT molecular complexity index is 453. The molecular weight excluding hydrogens is 364 g/mol. The summed E-state index contributed by atoms with van der Waals surface area (Å²) in [7, 11) is -7.44. The SMILES string of the molecule is CCCCCCCCS(=O)(=O)OCOS(=O)(=O)CCCCCCCC. The van der Waals surface area contributed by atoms with Crippen molar-refractivity contribution >= 4 is 20.2 Å². The van der Waals surface area contributed by atoms with Crippen molar-refractivity contribution in [3.8, 4) is 0 Å². The Labute approximate surface area is 154 Å². The Kier molecular flexibility index (Phi) is 14.8. The van der Waals surface area contributed by atoms with Gasteiger partial charge in [0.2, 0.25) is 0 Å². The van der Waals surface area contributed by atoms with Gasteiger partial charge in [-0.05, 0) is 12.8 Å². The maximum atomic E-state index is 11.7. The molecule has 0 aliphatic rings. The number of hydrogen-bond acceptors (Lipinski definition) is 6. The molecule has 0 aliphatic heterocycles. The van der Waals surface area contributed by atoms with Crippen LogP contribution < -0.4 is 0 Å². The van der Waals surface area contributed by atoms with Crippen LogP contribution in [0.25, 0.3) is 0 Å². The normalized spacial score (nSPS) is 12.6. The van der Waals surface area contributed by atoms with Crippen molar-refractivity contribution in [1.82, 2.24) is 0 Å². The molecule has 0 aromatic carbocycles. The Balaban J connectivity index is 3.79. The predicted octanol–water partition coefficient (Wildman–Crippen LogP) is 4.36. The van der Waals surface area contributed by atoms with Crippen LogP contribution in [0.5, 0.6) is 0 Å². The fraction of sp³-hybridized carbons (Fsp3) is 1.00. The Morgan fingerprint density at radius 1 is 0.520 bits per heavy atom. The molecule has 0 unspecified atom stereocenters. The molecule has 0 aromatic rings. The highest BCUT2D eigenvalue weighted by Crippen LogP contribution is 2.09. The topological polar surface area (TPSA) is 86.7 Å². The molecule has 0 atom stereocenters. The van der Waals surface area contributed by atoms with Gasteiger partial charge in [0.05, 0.1) is 11.5 Å². The third-order valence-electron chi connectivity index (χ3n) is 3.95. The Hall–Kier alpha value is -0.180. The van der Waals surface area contributed by atoms with Crippen LogP contribution in [0, 0.1) is 0 Å².